The number of rotatable bonds is 4. The van der Waals surface area contributed by atoms with Gasteiger partial charge in [0.2, 0.25) is 5.82 Å². The van der Waals surface area contributed by atoms with E-state index in [0.717, 1.165) is 0 Å². The molecule has 2 heterocycles. The summed E-state index contributed by atoms with van der Waals surface area (Å²) in [5.74, 6) is -0.241. The fourth-order valence-electron chi connectivity index (χ4n) is 2.76. The molecule has 3 rings (SSSR count). The fourth-order valence-corrected chi connectivity index (χ4v) is 2.76. The zero-order valence-electron chi connectivity index (χ0n) is 14.0. The van der Waals surface area contributed by atoms with Crippen LogP contribution in [0.3, 0.4) is 0 Å². The van der Waals surface area contributed by atoms with E-state index in [9.17, 15) is 14.3 Å². The number of aromatic nitrogens is 3. The number of likely N-dealkylation sites (tertiary alicyclic amines) is 1. The van der Waals surface area contributed by atoms with Crippen LogP contribution in [0, 0.1) is 5.82 Å². The molecule has 1 N–H and O–H groups in total. The SMILES string of the molecule is CCC1(O)CN(C(=O)c2nc(C(C)C)n(-c3ccccc3F)n2)C1. The van der Waals surface area contributed by atoms with Crippen molar-refractivity contribution in [3.63, 3.8) is 0 Å². The standard InChI is InChI=1S/C17H21FN4O2/c1-4-17(24)9-21(10-17)16(23)14-19-15(11(2)3)22(20-14)13-8-6-5-7-12(13)18/h5-8,11,24H,4,9-10H2,1-3H3. The number of nitrogens with zero attached hydrogens (tertiary/aromatic N) is 4. The van der Waals surface area contributed by atoms with Gasteiger partial charge in [0.05, 0.1) is 18.7 Å². The smallest absolute Gasteiger partial charge is 0.293 e. The Kier molecular flexibility index (Phi) is 4.13. The molecule has 1 amide bonds. The van der Waals surface area contributed by atoms with Crippen molar-refractivity contribution in [1.82, 2.24) is 19.7 Å². The number of carbonyl (C=O) groups is 1. The summed E-state index contributed by atoms with van der Waals surface area (Å²) < 4.78 is 15.5. The van der Waals surface area contributed by atoms with Gasteiger partial charge in [-0.05, 0) is 18.6 Å². The van der Waals surface area contributed by atoms with Crippen LogP contribution in [0.4, 0.5) is 4.39 Å². The summed E-state index contributed by atoms with van der Waals surface area (Å²) in [6.45, 7) is 6.25. The van der Waals surface area contributed by atoms with Crippen molar-refractivity contribution in [1.29, 1.82) is 0 Å². The second kappa shape index (κ2) is 5.98. The summed E-state index contributed by atoms with van der Waals surface area (Å²) in [5, 5.41) is 14.3. The predicted octanol–water partition coefficient (Wildman–Crippen LogP) is 2.13. The van der Waals surface area contributed by atoms with Gasteiger partial charge in [-0.3, -0.25) is 4.79 Å². The molecule has 1 fully saturated rings. The summed E-state index contributed by atoms with van der Waals surface area (Å²) in [6, 6.07) is 6.26. The molecule has 1 aromatic heterocycles. The van der Waals surface area contributed by atoms with Crippen LogP contribution in [0.25, 0.3) is 5.69 Å². The first-order valence-electron chi connectivity index (χ1n) is 8.08. The van der Waals surface area contributed by atoms with E-state index in [4.69, 9.17) is 0 Å². The number of para-hydroxylation sites is 1. The Morgan fingerprint density at radius 1 is 1.38 bits per heavy atom. The van der Waals surface area contributed by atoms with Crippen molar-refractivity contribution in [2.24, 2.45) is 0 Å². The van der Waals surface area contributed by atoms with Crippen LogP contribution >= 0.6 is 0 Å². The van der Waals surface area contributed by atoms with E-state index in [2.05, 4.69) is 10.1 Å². The lowest BCUT2D eigenvalue weighted by atomic mass is 9.91. The molecule has 0 atom stereocenters. The third-order valence-corrected chi connectivity index (χ3v) is 4.34. The second-order valence-corrected chi connectivity index (χ2v) is 6.55. The maximum absolute atomic E-state index is 14.1. The van der Waals surface area contributed by atoms with E-state index in [-0.39, 0.29) is 36.4 Å². The normalized spacial score (nSPS) is 16.3. The maximum atomic E-state index is 14.1. The third-order valence-electron chi connectivity index (χ3n) is 4.34. The van der Waals surface area contributed by atoms with Gasteiger partial charge in [0, 0.05) is 5.92 Å². The van der Waals surface area contributed by atoms with Crippen LogP contribution in [0.2, 0.25) is 0 Å². The summed E-state index contributed by atoms with van der Waals surface area (Å²) in [7, 11) is 0. The van der Waals surface area contributed by atoms with Gasteiger partial charge in [0.25, 0.3) is 5.91 Å². The molecule has 6 nitrogen and oxygen atoms in total. The highest BCUT2D eigenvalue weighted by Crippen LogP contribution is 2.26. The minimum atomic E-state index is -0.815. The molecule has 2 aromatic rings. The first kappa shape index (κ1) is 16.6. The monoisotopic (exact) mass is 332 g/mol. The Bertz CT molecular complexity index is 766. The number of carbonyl (C=O) groups excluding carboxylic acids is 1. The average Bonchev–Trinajstić information content (AvgIpc) is 2.97. The molecule has 7 heteroatoms. The Morgan fingerprint density at radius 3 is 2.62 bits per heavy atom. The highest BCUT2D eigenvalue weighted by molar-refractivity contribution is 5.91. The van der Waals surface area contributed by atoms with Crippen molar-refractivity contribution in [3.8, 4) is 5.69 Å². The molecule has 1 aliphatic heterocycles. The molecule has 24 heavy (non-hydrogen) atoms. The molecule has 1 aromatic carbocycles. The van der Waals surface area contributed by atoms with Crippen molar-refractivity contribution < 1.29 is 14.3 Å². The number of benzene rings is 1. The number of hydrogen-bond acceptors (Lipinski definition) is 4. The highest BCUT2D eigenvalue weighted by atomic mass is 19.1. The minimum Gasteiger partial charge on any atom is -0.386 e. The molecule has 128 valence electrons. The highest BCUT2D eigenvalue weighted by Gasteiger charge is 2.43. The van der Waals surface area contributed by atoms with Crippen LogP contribution in [0.5, 0.6) is 0 Å². The molecule has 1 saturated heterocycles. The van der Waals surface area contributed by atoms with Gasteiger partial charge < -0.3 is 10.0 Å². The summed E-state index contributed by atoms with van der Waals surface area (Å²) >= 11 is 0. The average molecular weight is 332 g/mol. The molecule has 0 spiro atoms. The summed E-state index contributed by atoms with van der Waals surface area (Å²) in [5.41, 5.74) is -0.550. The van der Waals surface area contributed by atoms with Crippen LogP contribution in [-0.4, -0.2) is 49.4 Å². The molecular weight excluding hydrogens is 311 g/mol. The quantitative estimate of drug-likeness (QED) is 0.931. The van der Waals surface area contributed by atoms with Gasteiger partial charge in [-0.1, -0.05) is 32.9 Å². The summed E-state index contributed by atoms with van der Waals surface area (Å²) in [6.07, 6.45) is 0.588. The first-order valence-corrected chi connectivity index (χ1v) is 8.08. The van der Waals surface area contributed by atoms with E-state index < -0.39 is 11.4 Å². The fraction of sp³-hybridized carbons (Fsp3) is 0.471. The molecule has 0 bridgehead atoms. The molecule has 0 saturated carbocycles. The van der Waals surface area contributed by atoms with Gasteiger partial charge in [0.1, 0.15) is 17.3 Å². The molecule has 0 radical (unpaired) electrons. The largest absolute Gasteiger partial charge is 0.386 e. The van der Waals surface area contributed by atoms with Crippen LogP contribution in [-0.2, 0) is 0 Å². The topological polar surface area (TPSA) is 71.2 Å². The zero-order valence-corrected chi connectivity index (χ0v) is 14.0. The molecule has 1 aliphatic rings. The number of halogens is 1. The van der Waals surface area contributed by atoms with Crippen molar-refractivity contribution in [2.45, 2.75) is 38.7 Å². The van der Waals surface area contributed by atoms with Crippen molar-refractivity contribution in [3.05, 3.63) is 41.7 Å². The van der Waals surface area contributed by atoms with Crippen molar-refractivity contribution in [2.75, 3.05) is 13.1 Å². The van der Waals surface area contributed by atoms with E-state index in [0.29, 0.717) is 12.2 Å². The number of β-amino-alcohol motifs (C(OH)–C–C–N with tert-alkyl or cyclic N) is 1. The van der Waals surface area contributed by atoms with Gasteiger partial charge >= 0.3 is 0 Å². The Balaban J connectivity index is 1.93. The molecule has 0 aliphatic carbocycles. The van der Waals surface area contributed by atoms with Crippen LogP contribution in [0.1, 0.15) is 49.6 Å². The third kappa shape index (κ3) is 2.80. The van der Waals surface area contributed by atoms with Gasteiger partial charge in [-0.15, -0.1) is 5.10 Å². The number of hydrogen-bond donors (Lipinski definition) is 1. The Hall–Kier alpha value is -2.28. The van der Waals surface area contributed by atoms with Gasteiger partial charge in [0.15, 0.2) is 0 Å². The lowest BCUT2D eigenvalue weighted by Crippen LogP contribution is -2.63. The Labute approximate surface area is 139 Å². The van der Waals surface area contributed by atoms with Crippen molar-refractivity contribution >= 4 is 5.91 Å². The van der Waals surface area contributed by atoms with E-state index in [1.807, 2.05) is 20.8 Å². The number of aliphatic hydroxyl groups is 1. The van der Waals surface area contributed by atoms with Gasteiger partial charge in [-0.25, -0.2) is 14.1 Å². The van der Waals surface area contributed by atoms with E-state index in [1.54, 1.807) is 18.2 Å². The van der Waals surface area contributed by atoms with Crippen LogP contribution in [0.15, 0.2) is 24.3 Å². The molecular formula is C17H21FN4O2. The van der Waals surface area contributed by atoms with E-state index >= 15 is 0 Å². The number of amides is 1. The lowest BCUT2D eigenvalue weighted by molar-refractivity contribution is -0.0830. The minimum absolute atomic E-state index is 0.0254. The predicted molar refractivity (Wildman–Crippen MR) is 86.6 cm³/mol. The second-order valence-electron chi connectivity index (χ2n) is 6.55. The molecule has 0 unspecified atom stereocenters. The summed E-state index contributed by atoms with van der Waals surface area (Å²) in [4.78, 5) is 18.3. The zero-order chi connectivity index (χ0) is 17.5. The lowest BCUT2D eigenvalue weighted by Gasteiger charge is -2.45. The van der Waals surface area contributed by atoms with Crippen LogP contribution < -0.4 is 0 Å². The first-order chi connectivity index (χ1) is 11.3. The van der Waals surface area contributed by atoms with E-state index in [1.165, 1.54) is 15.6 Å². The maximum Gasteiger partial charge on any atom is 0.293 e. The Morgan fingerprint density at radius 2 is 2.04 bits per heavy atom. The van der Waals surface area contributed by atoms with Gasteiger partial charge in [-0.2, -0.15) is 0 Å².